The summed E-state index contributed by atoms with van der Waals surface area (Å²) in [6, 6.07) is 0.363. The van der Waals surface area contributed by atoms with Crippen molar-refractivity contribution < 1.29 is 4.74 Å². The molecule has 1 aliphatic heterocycles. The van der Waals surface area contributed by atoms with Gasteiger partial charge in [-0.15, -0.1) is 0 Å². The van der Waals surface area contributed by atoms with Crippen molar-refractivity contribution >= 4 is 5.71 Å². The fraction of sp³-hybridized carbons (Fsp3) is 0.650. The summed E-state index contributed by atoms with van der Waals surface area (Å²) in [7, 11) is 1.71. The molecule has 0 spiro atoms. The first-order valence-corrected chi connectivity index (χ1v) is 8.92. The third-order valence-corrected chi connectivity index (χ3v) is 4.00. The highest BCUT2D eigenvalue weighted by Gasteiger charge is 2.17. The van der Waals surface area contributed by atoms with E-state index in [-0.39, 0.29) is 11.3 Å². The van der Waals surface area contributed by atoms with Crippen LogP contribution in [0, 0.1) is 11.3 Å². The van der Waals surface area contributed by atoms with E-state index in [0.29, 0.717) is 12.6 Å². The Morgan fingerprint density at radius 3 is 2.71 bits per heavy atom. The SMILES string of the molecule is COC1=C/C(C)/C=C\C(C(C)(C)C)=NC/C(NC(C)CCCN)=C\1. The number of nitrogens with two attached hydrogens (primary N) is 1. The van der Waals surface area contributed by atoms with Crippen LogP contribution in [0.15, 0.2) is 40.8 Å². The van der Waals surface area contributed by atoms with Gasteiger partial charge in [0.2, 0.25) is 0 Å². The van der Waals surface area contributed by atoms with Crippen molar-refractivity contribution in [2.75, 3.05) is 20.2 Å². The number of hydrogen-bond donors (Lipinski definition) is 2. The van der Waals surface area contributed by atoms with Crippen LogP contribution < -0.4 is 11.1 Å². The summed E-state index contributed by atoms with van der Waals surface area (Å²) in [4.78, 5) is 4.87. The van der Waals surface area contributed by atoms with E-state index >= 15 is 0 Å². The summed E-state index contributed by atoms with van der Waals surface area (Å²) in [6.07, 6.45) is 10.6. The molecule has 3 N–H and O–H groups in total. The molecule has 1 heterocycles. The fourth-order valence-corrected chi connectivity index (χ4v) is 2.56. The molecule has 2 atom stereocenters. The van der Waals surface area contributed by atoms with Crippen LogP contribution in [-0.2, 0) is 4.74 Å². The first-order chi connectivity index (χ1) is 11.3. The molecule has 1 rings (SSSR count). The number of nitrogens with one attached hydrogen (secondary N) is 1. The van der Waals surface area contributed by atoms with Crippen LogP contribution in [0.4, 0.5) is 0 Å². The lowest BCUT2D eigenvalue weighted by Crippen LogP contribution is -2.28. The molecular formula is C20H35N3O. The van der Waals surface area contributed by atoms with Crippen LogP contribution in [0.1, 0.15) is 47.5 Å². The lowest BCUT2D eigenvalue weighted by Gasteiger charge is -2.22. The molecule has 4 nitrogen and oxygen atoms in total. The topological polar surface area (TPSA) is 59.6 Å². The summed E-state index contributed by atoms with van der Waals surface area (Å²) in [5.41, 5.74) is 7.84. The molecule has 0 bridgehead atoms. The first-order valence-electron chi connectivity index (χ1n) is 8.92. The van der Waals surface area contributed by atoms with Crippen molar-refractivity contribution in [2.45, 2.75) is 53.5 Å². The molecule has 0 aliphatic carbocycles. The molecule has 4 heteroatoms. The number of aliphatic imine (C=N–C) groups is 1. The standard InChI is InChI=1S/C20H35N3O/c1-15-9-10-19(20(3,4)5)22-14-17(13-18(12-15)24-6)23-16(2)8-7-11-21/h9-10,12-13,15-16,23H,7-8,11,14,21H2,1-6H3/b10-9-,17-13+,18-12+,22-19?. The summed E-state index contributed by atoms with van der Waals surface area (Å²) < 4.78 is 5.52. The van der Waals surface area contributed by atoms with Gasteiger partial charge in [-0.05, 0) is 44.4 Å². The molecule has 0 fully saturated rings. The van der Waals surface area contributed by atoms with Gasteiger partial charge in [-0.1, -0.05) is 33.8 Å². The van der Waals surface area contributed by atoms with Gasteiger partial charge in [0.05, 0.1) is 13.7 Å². The molecule has 0 saturated heterocycles. The highest BCUT2D eigenvalue weighted by molar-refractivity contribution is 5.99. The zero-order valence-electron chi connectivity index (χ0n) is 16.2. The Balaban J connectivity index is 3.07. The van der Waals surface area contributed by atoms with Gasteiger partial charge in [-0.25, -0.2) is 0 Å². The second-order valence-corrected chi connectivity index (χ2v) is 7.59. The Labute approximate surface area is 147 Å². The number of rotatable bonds is 6. The van der Waals surface area contributed by atoms with Gasteiger partial charge in [0.25, 0.3) is 0 Å². The molecule has 0 saturated carbocycles. The molecule has 2 unspecified atom stereocenters. The predicted octanol–water partition coefficient (Wildman–Crippen LogP) is 3.81. The molecular weight excluding hydrogens is 298 g/mol. The Kier molecular flexibility index (Phi) is 8.26. The molecule has 0 aromatic carbocycles. The zero-order chi connectivity index (χ0) is 18.2. The second-order valence-electron chi connectivity index (χ2n) is 7.59. The van der Waals surface area contributed by atoms with Crippen LogP contribution in [0.3, 0.4) is 0 Å². The third kappa shape index (κ3) is 7.35. The van der Waals surface area contributed by atoms with E-state index in [9.17, 15) is 0 Å². The smallest absolute Gasteiger partial charge is 0.117 e. The Morgan fingerprint density at radius 2 is 2.12 bits per heavy atom. The van der Waals surface area contributed by atoms with Crippen LogP contribution in [0.5, 0.6) is 0 Å². The van der Waals surface area contributed by atoms with E-state index in [0.717, 1.165) is 36.6 Å². The normalized spacial score (nSPS) is 26.3. The second kappa shape index (κ2) is 9.67. The van der Waals surface area contributed by atoms with E-state index in [2.05, 4.69) is 64.2 Å². The number of hydrogen-bond acceptors (Lipinski definition) is 4. The van der Waals surface area contributed by atoms with Crippen molar-refractivity contribution in [1.29, 1.82) is 0 Å². The van der Waals surface area contributed by atoms with Crippen LogP contribution >= 0.6 is 0 Å². The third-order valence-electron chi connectivity index (χ3n) is 4.00. The van der Waals surface area contributed by atoms with Gasteiger partial charge in [0, 0.05) is 28.9 Å². The van der Waals surface area contributed by atoms with Crippen molar-refractivity contribution in [3.8, 4) is 0 Å². The Morgan fingerprint density at radius 1 is 1.42 bits per heavy atom. The van der Waals surface area contributed by atoms with Gasteiger partial charge in [0.15, 0.2) is 0 Å². The van der Waals surface area contributed by atoms with Gasteiger partial charge in [-0.3, -0.25) is 4.99 Å². The van der Waals surface area contributed by atoms with Crippen LogP contribution in [0.25, 0.3) is 0 Å². The van der Waals surface area contributed by atoms with Gasteiger partial charge >= 0.3 is 0 Å². The largest absolute Gasteiger partial charge is 0.497 e. The van der Waals surface area contributed by atoms with Crippen molar-refractivity contribution in [3.63, 3.8) is 0 Å². The lowest BCUT2D eigenvalue weighted by atomic mass is 9.88. The maximum atomic E-state index is 5.62. The molecule has 24 heavy (non-hydrogen) atoms. The highest BCUT2D eigenvalue weighted by Crippen LogP contribution is 2.20. The maximum Gasteiger partial charge on any atom is 0.117 e. The van der Waals surface area contributed by atoms with E-state index in [1.165, 1.54) is 0 Å². The maximum absolute atomic E-state index is 5.62. The van der Waals surface area contributed by atoms with Gasteiger partial charge < -0.3 is 15.8 Å². The van der Waals surface area contributed by atoms with Crippen molar-refractivity contribution in [3.05, 3.63) is 35.8 Å². The number of ether oxygens (including phenoxy) is 1. The minimum Gasteiger partial charge on any atom is -0.497 e. The average molecular weight is 334 g/mol. The van der Waals surface area contributed by atoms with Crippen molar-refractivity contribution in [2.24, 2.45) is 22.1 Å². The van der Waals surface area contributed by atoms with Crippen LogP contribution in [0.2, 0.25) is 0 Å². The molecule has 0 amide bonds. The summed E-state index contributed by atoms with van der Waals surface area (Å²) >= 11 is 0. The predicted molar refractivity (Wildman–Crippen MR) is 104 cm³/mol. The zero-order valence-corrected chi connectivity index (χ0v) is 16.2. The quantitative estimate of drug-likeness (QED) is 0.777. The monoisotopic (exact) mass is 333 g/mol. The number of allylic oxidation sites excluding steroid dienone is 4. The first kappa shape index (κ1) is 20.5. The van der Waals surface area contributed by atoms with E-state index in [1.54, 1.807) is 7.11 Å². The fourth-order valence-electron chi connectivity index (χ4n) is 2.56. The van der Waals surface area contributed by atoms with Crippen LogP contribution in [-0.4, -0.2) is 32.0 Å². The Bertz CT molecular complexity index is 509. The number of nitrogens with zero attached hydrogens (tertiary/aromatic N) is 1. The lowest BCUT2D eigenvalue weighted by molar-refractivity contribution is 0.303. The molecule has 0 aromatic rings. The molecule has 136 valence electrons. The van der Waals surface area contributed by atoms with E-state index in [1.807, 2.05) is 0 Å². The molecule has 0 aromatic heterocycles. The highest BCUT2D eigenvalue weighted by atomic mass is 16.5. The minimum atomic E-state index is 0.0273. The molecule has 1 aliphatic rings. The average Bonchev–Trinajstić information content (AvgIpc) is 2.50. The van der Waals surface area contributed by atoms with E-state index < -0.39 is 0 Å². The summed E-state index contributed by atoms with van der Waals surface area (Å²) in [5.74, 6) is 1.16. The summed E-state index contributed by atoms with van der Waals surface area (Å²) in [5, 5.41) is 3.57. The molecule has 0 radical (unpaired) electrons. The van der Waals surface area contributed by atoms with Gasteiger partial charge in [0.1, 0.15) is 5.76 Å². The Hall–Kier alpha value is -1.55. The minimum absolute atomic E-state index is 0.0273. The van der Waals surface area contributed by atoms with E-state index in [4.69, 9.17) is 15.5 Å². The van der Waals surface area contributed by atoms with Crippen molar-refractivity contribution in [1.82, 2.24) is 5.32 Å². The number of methoxy groups -OCH3 is 1. The summed E-state index contributed by atoms with van der Waals surface area (Å²) in [6.45, 7) is 12.3. The van der Waals surface area contributed by atoms with Gasteiger partial charge in [-0.2, -0.15) is 0 Å².